The van der Waals surface area contributed by atoms with Crippen LogP contribution in [0, 0.1) is 0 Å². The van der Waals surface area contributed by atoms with Crippen LogP contribution in [0.1, 0.15) is 24.8 Å². The standard InChI is InChI=1S/C14H21Cl2N3O/c1-2-13(14(20)18-17)11-3-5-12(6-4-11)19(9-7-15)10-8-16/h3-6,13H,2,7-10,17H2,1H3,(H,18,20). The maximum atomic E-state index is 11.7. The number of nitrogens with zero attached hydrogens (tertiary/aromatic N) is 1. The summed E-state index contributed by atoms with van der Waals surface area (Å²) in [6.45, 7) is 3.45. The predicted octanol–water partition coefficient (Wildman–Crippen LogP) is 2.45. The van der Waals surface area contributed by atoms with Gasteiger partial charge in [-0.3, -0.25) is 10.2 Å². The molecule has 1 aromatic rings. The molecule has 0 aromatic heterocycles. The normalized spacial score (nSPS) is 12.0. The van der Waals surface area contributed by atoms with E-state index in [4.69, 9.17) is 29.0 Å². The minimum atomic E-state index is -0.219. The molecule has 4 nitrogen and oxygen atoms in total. The van der Waals surface area contributed by atoms with Crippen LogP contribution in [0.2, 0.25) is 0 Å². The van der Waals surface area contributed by atoms with Gasteiger partial charge in [0.05, 0.1) is 5.92 Å². The minimum absolute atomic E-state index is 0.168. The van der Waals surface area contributed by atoms with Gasteiger partial charge in [-0.25, -0.2) is 5.84 Å². The molecule has 0 heterocycles. The van der Waals surface area contributed by atoms with Crippen LogP contribution in [-0.2, 0) is 4.79 Å². The Kier molecular flexibility index (Phi) is 7.73. The van der Waals surface area contributed by atoms with E-state index in [-0.39, 0.29) is 11.8 Å². The van der Waals surface area contributed by atoms with Crippen molar-refractivity contribution in [3.05, 3.63) is 29.8 Å². The zero-order chi connectivity index (χ0) is 15.0. The molecule has 6 heteroatoms. The van der Waals surface area contributed by atoms with Gasteiger partial charge in [-0.05, 0) is 24.1 Å². The summed E-state index contributed by atoms with van der Waals surface area (Å²) in [7, 11) is 0. The average Bonchev–Trinajstić information content (AvgIpc) is 2.48. The highest BCUT2D eigenvalue weighted by molar-refractivity contribution is 6.18. The molecule has 0 fully saturated rings. The van der Waals surface area contributed by atoms with E-state index in [1.54, 1.807) is 0 Å². The van der Waals surface area contributed by atoms with Gasteiger partial charge in [-0.2, -0.15) is 0 Å². The molecule has 0 aliphatic carbocycles. The molecule has 0 saturated heterocycles. The lowest BCUT2D eigenvalue weighted by molar-refractivity contribution is -0.122. The van der Waals surface area contributed by atoms with Gasteiger partial charge in [0.15, 0.2) is 0 Å². The maximum absolute atomic E-state index is 11.7. The molecule has 0 bridgehead atoms. The van der Waals surface area contributed by atoms with E-state index in [1.807, 2.05) is 31.2 Å². The van der Waals surface area contributed by atoms with Gasteiger partial charge in [-0.1, -0.05) is 19.1 Å². The first-order valence-corrected chi connectivity index (χ1v) is 7.72. The number of nitrogens with one attached hydrogen (secondary N) is 1. The van der Waals surface area contributed by atoms with Crippen molar-refractivity contribution in [1.82, 2.24) is 5.43 Å². The fourth-order valence-electron chi connectivity index (χ4n) is 2.16. The van der Waals surface area contributed by atoms with Gasteiger partial charge >= 0.3 is 0 Å². The summed E-state index contributed by atoms with van der Waals surface area (Å²) in [4.78, 5) is 13.8. The Bertz CT molecular complexity index is 405. The highest BCUT2D eigenvalue weighted by atomic mass is 35.5. The lowest BCUT2D eigenvalue weighted by atomic mass is 9.95. The Labute approximate surface area is 130 Å². The summed E-state index contributed by atoms with van der Waals surface area (Å²) in [6.07, 6.45) is 0.704. The number of amides is 1. The quantitative estimate of drug-likeness (QED) is 0.335. The third-order valence-corrected chi connectivity index (χ3v) is 3.57. The number of hydrogen-bond donors (Lipinski definition) is 2. The van der Waals surface area contributed by atoms with Gasteiger partial charge in [-0.15, -0.1) is 23.2 Å². The number of hydrazine groups is 1. The summed E-state index contributed by atoms with van der Waals surface area (Å²) in [5, 5.41) is 0. The number of benzene rings is 1. The SMILES string of the molecule is CCC(C(=O)NN)c1ccc(N(CCCl)CCCl)cc1. The summed E-state index contributed by atoms with van der Waals surface area (Å²) in [5.41, 5.74) is 4.22. The monoisotopic (exact) mass is 317 g/mol. The van der Waals surface area contributed by atoms with Crippen LogP contribution in [0.15, 0.2) is 24.3 Å². The molecule has 1 aromatic carbocycles. The second-order valence-corrected chi connectivity index (χ2v) is 5.18. The van der Waals surface area contributed by atoms with E-state index < -0.39 is 0 Å². The van der Waals surface area contributed by atoms with Crippen molar-refractivity contribution in [2.24, 2.45) is 5.84 Å². The topological polar surface area (TPSA) is 58.4 Å². The lowest BCUT2D eigenvalue weighted by Crippen LogP contribution is -2.34. The predicted molar refractivity (Wildman–Crippen MR) is 85.5 cm³/mol. The van der Waals surface area contributed by atoms with Crippen molar-refractivity contribution in [2.75, 3.05) is 29.7 Å². The zero-order valence-electron chi connectivity index (χ0n) is 11.6. The third kappa shape index (κ3) is 4.54. The molecule has 0 saturated carbocycles. The van der Waals surface area contributed by atoms with Crippen LogP contribution in [-0.4, -0.2) is 30.8 Å². The van der Waals surface area contributed by atoms with Crippen LogP contribution in [0.4, 0.5) is 5.69 Å². The van der Waals surface area contributed by atoms with Crippen LogP contribution < -0.4 is 16.2 Å². The Hall–Kier alpha value is -0.970. The summed E-state index contributed by atoms with van der Waals surface area (Å²) < 4.78 is 0. The van der Waals surface area contributed by atoms with Gasteiger partial charge in [0.25, 0.3) is 0 Å². The Balaban J connectivity index is 2.88. The number of carbonyl (C=O) groups is 1. The van der Waals surface area contributed by atoms with E-state index >= 15 is 0 Å². The van der Waals surface area contributed by atoms with Crippen molar-refractivity contribution >= 4 is 34.8 Å². The smallest absolute Gasteiger partial charge is 0.241 e. The number of halogens is 2. The van der Waals surface area contributed by atoms with Crippen LogP contribution in [0.25, 0.3) is 0 Å². The number of anilines is 1. The van der Waals surface area contributed by atoms with Crippen molar-refractivity contribution in [3.8, 4) is 0 Å². The van der Waals surface area contributed by atoms with Gasteiger partial charge in [0, 0.05) is 30.5 Å². The van der Waals surface area contributed by atoms with Gasteiger partial charge < -0.3 is 4.90 Å². The number of alkyl halides is 2. The molecule has 0 aliphatic heterocycles. The van der Waals surface area contributed by atoms with Crippen LogP contribution in [0.3, 0.4) is 0 Å². The van der Waals surface area contributed by atoms with E-state index in [0.717, 1.165) is 24.3 Å². The molecule has 0 aliphatic rings. The number of rotatable bonds is 8. The minimum Gasteiger partial charge on any atom is -0.369 e. The largest absolute Gasteiger partial charge is 0.369 e. The molecule has 1 amide bonds. The first-order chi connectivity index (χ1) is 9.67. The van der Waals surface area contributed by atoms with Crippen molar-refractivity contribution in [2.45, 2.75) is 19.3 Å². The second-order valence-electron chi connectivity index (χ2n) is 4.43. The first kappa shape index (κ1) is 17.1. The van der Waals surface area contributed by atoms with Crippen LogP contribution >= 0.6 is 23.2 Å². The van der Waals surface area contributed by atoms with Gasteiger partial charge in [0.1, 0.15) is 0 Å². The van der Waals surface area contributed by atoms with Gasteiger partial charge in [0.2, 0.25) is 5.91 Å². The second kappa shape index (κ2) is 9.06. The molecule has 20 heavy (non-hydrogen) atoms. The molecular formula is C14H21Cl2N3O. The van der Waals surface area contributed by atoms with Crippen molar-refractivity contribution in [1.29, 1.82) is 0 Å². The van der Waals surface area contributed by atoms with Crippen LogP contribution in [0.5, 0.6) is 0 Å². The Morgan fingerprint density at radius 3 is 2.20 bits per heavy atom. The molecule has 0 spiro atoms. The molecule has 112 valence electrons. The molecule has 1 unspecified atom stereocenters. The average molecular weight is 318 g/mol. The summed E-state index contributed by atoms with van der Waals surface area (Å²) in [6, 6.07) is 7.88. The van der Waals surface area contributed by atoms with Crippen molar-refractivity contribution in [3.63, 3.8) is 0 Å². The van der Waals surface area contributed by atoms with Crippen molar-refractivity contribution < 1.29 is 4.79 Å². The first-order valence-electron chi connectivity index (χ1n) is 6.65. The molecule has 1 atom stereocenters. The lowest BCUT2D eigenvalue weighted by Gasteiger charge is -2.23. The van der Waals surface area contributed by atoms with E-state index in [2.05, 4.69) is 10.3 Å². The third-order valence-electron chi connectivity index (χ3n) is 3.24. The van der Waals surface area contributed by atoms with E-state index in [0.29, 0.717) is 18.2 Å². The fraction of sp³-hybridized carbons (Fsp3) is 0.500. The Morgan fingerprint density at radius 2 is 1.80 bits per heavy atom. The highest BCUT2D eigenvalue weighted by Crippen LogP contribution is 2.23. The highest BCUT2D eigenvalue weighted by Gasteiger charge is 2.17. The zero-order valence-corrected chi connectivity index (χ0v) is 13.1. The number of carbonyl (C=O) groups excluding carboxylic acids is 1. The number of nitrogens with two attached hydrogens (primary N) is 1. The molecule has 0 radical (unpaired) electrons. The Morgan fingerprint density at radius 1 is 1.25 bits per heavy atom. The molecule has 3 N–H and O–H groups in total. The fourth-order valence-corrected chi connectivity index (χ4v) is 2.57. The van der Waals surface area contributed by atoms with E-state index in [1.165, 1.54) is 0 Å². The maximum Gasteiger partial charge on any atom is 0.241 e. The van der Waals surface area contributed by atoms with E-state index in [9.17, 15) is 4.79 Å². The summed E-state index contributed by atoms with van der Waals surface area (Å²) in [5.74, 6) is 5.91. The number of hydrogen-bond acceptors (Lipinski definition) is 3. The molecular weight excluding hydrogens is 297 g/mol. The summed E-state index contributed by atoms with van der Waals surface area (Å²) >= 11 is 11.6. The molecule has 1 rings (SSSR count).